The Hall–Kier alpha value is -2.59. The van der Waals surface area contributed by atoms with Gasteiger partial charge in [0.25, 0.3) is 5.91 Å². The third-order valence-electron chi connectivity index (χ3n) is 16.0. The van der Waals surface area contributed by atoms with E-state index in [1.54, 1.807) is 43.0 Å². The molecule has 5 aliphatic carbocycles. The molecule has 1 aromatic carbocycles. The van der Waals surface area contributed by atoms with Crippen molar-refractivity contribution >= 4 is 35.5 Å². The van der Waals surface area contributed by atoms with E-state index in [9.17, 15) is 24.3 Å². The lowest BCUT2D eigenvalue weighted by molar-refractivity contribution is -0.214. The summed E-state index contributed by atoms with van der Waals surface area (Å²) in [6.07, 6.45) is 7.93. The SMILES string of the molecule is CC(C)C1=C2C3CCC4C(C)(CCC5C(C)(C)C(OC(=O)CC(C)(C)C=O)CCC54C)C3CCC2(C(O)CN(CCN(C)C)C(=O)c2ccc(Cl)cc2)CC1=O.CO. The summed E-state index contributed by atoms with van der Waals surface area (Å²) in [5.74, 6) is 1.32. The van der Waals surface area contributed by atoms with Gasteiger partial charge in [-0.2, -0.15) is 0 Å². The first-order valence-corrected chi connectivity index (χ1v) is 22.2. The Balaban J connectivity index is 0.00000315. The minimum Gasteiger partial charge on any atom is -0.462 e. The molecule has 4 fully saturated rings. The molecular weight excluding hydrogens is 752 g/mol. The maximum absolute atomic E-state index is 14.2. The van der Waals surface area contributed by atoms with E-state index in [4.69, 9.17) is 21.4 Å². The first-order chi connectivity index (χ1) is 27.1. The van der Waals surface area contributed by atoms with Gasteiger partial charge in [-0.3, -0.25) is 14.4 Å². The number of allylic oxidation sites excluding steroid dienone is 1. The van der Waals surface area contributed by atoms with Crippen LogP contribution in [-0.2, 0) is 19.1 Å². The van der Waals surface area contributed by atoms with Gasteiger partial charge in [0.05, 0.1) is 12.5 Å². The quantitative estimate of drug-likeness (QED) is 0.159. The number of halogens is 1. The van der Waals surface area contributed by atoms with Crippen LogP contribution in [0.15, 0.2) is 35.4 Å². The van der Waals surface area contributed by atoms with E-state index < -0.39 is 16.9 Å². The summed E-state index contributed by atoms with van der Waals surface area (Å²) in [4.78, 5) is 56.7. The van der Waals surface area contributed by atoms with Crippen LogP contribution in [0.2, 0.25) is 5.02 Å². The van der Waals surface area contributed by atoms with Gasteiger partial charge in [-0.15, -0.1) is 0 Å². The van der Waals surface area contributed by atoms with E-state index >= 15 is 0 Å². The van der Waals surface area contributed by atoms with Gasteiger partial charge >= 0.3 is 5.97 Å². The summed E-state index contributed by atoms with van der Waals surface area (Å²) in [5.41, 5.74) is 1.22. The fourth-order valence-corrected chi connectivity index (χ4v) is 13.5. The highest BCUT2D eigenvalue weighted by molar-refractivity contribution is 6.30. The number of carbonyl (C=O) groups is 4. The van der Waals surface area contributed by atoms with Gasteiger partial charge in [0.2, 0.25) is 0 Å². The molecule has 58 heavy (non-hydrogen) atoms. The minimum atomic E-state index is -0.869. The van der Waals surface area contributed by atoms with Gasteiger partial charge in [0, 0.05) is 60.0 Å². The summed E-state index contributed by atoms with van der Waals surface area (Å²) in [6.45, 7) is 18.8. The summed E-state index contributed by atoms with van der Waals surface area (Å²) in [6, 6.07) is 6.95. The molecule has 0 spiro atoms. The molecule has 6 rings (SSSR count). The van der Waals surface area contributed by atoms with Crippen molar-refractivity contribution in [2.45, 2.75) is 132 Å². The lowest BCUT2D eigenvalue weighted by atomic mass is 9.36. The second-order valence-electron chi connectivity index (χ2n) is 20.9. The number of likely N-dealkylation sites (N-methyl/N-ethyl adjacent to an activating group) is 1. The molecule has 0 aliphatic heterocycles. The summed E-state index contributed by atoms with van der Waals surface area (Å²) in [5, 5.41) is 20.1. The van der Waals surface area contributed by atoms with Crippen LogP contribution in [-0.4, -0.2) is 97.0 Å². The molecule has 0 heterocycles. The van der Waals surface area contributed by atoms with Gasteiger partial charge in [-0.25, -0.2) is 0 Å². The molecule has 4 saturated carbocycles. The first-order valence-electron chi connectivity index (χ1n) is 21.9. The molecule has 0 aromatic heterocycles. The molecule has 5 aliphatic rings. The van der Waals surface area contributed by atoms with Crippen LogP contribution in [0.4, 0.5) is 0 Å². The standard InChI is InChI=1S/C47H69ClN2O6.CH4O/c1-29(2)40-34(52)25-47(37(53)27-50(24-23-49(9)10)42(55)30-11-13-31(48)14-12-30)22-17-33-32(41(40)47)15-16-36-45(33,7)20-18-35-44(5,6)38(19-21-46(35,36)8)56-39(54)26-43(3,4)28-51;1-2/h11-14,28-29,32-33,35-38,53H,15-27H2,1-10H3;2H,1H3. The molecule has 9 atom stereocenters. The molecule has 1 aromatic rings. The highest BCUT2D eigenvalue weighted by atomic mass is 35.5. The normalized spacial score (nSPS) is 33.2. The number of esters is 1. The maximum atomic E-state index is 14.2. The van der Waals surface area contributed by atoms with Gasteiger partial charge in [0.15, 0.2) is 5.78 Å². The van der Waals surface area contributed by atoms with Crippen molar-refractivity contribution in [3.05, 3.63) is 46.0 Å². The Bertz CT molecular complexity index is 1720. The van der Waals surface area contributed by atoms with Crippen LogP contribution in [0.5, 0.6) is 0 Å². The van der Waals surface area contributed by atoms with E-state index in [1.165, 1.54) is 5.57 Å². The van der Waals surface area contributed by atoms with Gasteiger partial charge in [-0.05, 0) is 136 Å². The van der Waals surface area contributed by atoms with Crippen molar-refractivity contribution in [1.29, 1.82) is 0 Å². The Kier molecular flexibility index (Phi) is 14.0. The number of nitrogens with zero attached hydrogens (tertiary/aromatic N) is 2. The highest BCUT2D eigenvalue weighted by Gasteiger charge is 2.67. The average Bonchev–Trinajstić information content (AvgIpc) is 3.48. The predicted molar refractivity (Wildman–Crippen MR) is 229 cm³/mol. The molecule has 1 amide bonds. The van der Waals surface area contributed by atoms with Crippen molar-refractivity contribution in [2.75, 3.05) is 40.8 Å². The lowest BCUT2D eigenvalue weighted by Crippen LogP contribution is -2.63. The fraction of sp³-hybridized carbons (Fsp3) is 0.750. The van der Waals surface area contributed by atoms with Crippen molar-refractivity contribution in [2.24, 2.45) is 56.7 Å². The average molecular weight is 826 g/mol. The molecule has 10 heteroatoms. The number of Topliss-reactive ketones (excluding diaryl/α,β-unsaturated/α-hetero) is 1. The number of ketones is 1. The van der Waals surface area contributed by atoms with Crippen LogP contribution in [0.25, 0.3) is 0 Å². The molecule has 0 radical (unpaired) electrons. The maximum Gasteiger partial charge on any atom is 0.307 e. The molecule has 324 valence electrons. The number of carbonyl (C=O) groups excluding carboxylic acids is 4. The van der Waals surface area contributed by atoms with E-state index in [0.29, 0.717) is 47.9 Å². The zero-order chi connectivity index (χ0) is 43.2. The van der Waals surface area contributed by atoms with Crippen molar-refractivity contribution in [1.82, 2.24) is 9.80 Å². The number of aliphatic hydroxyl groups excluding tert-OH is 2. The first kappa shape index (κ1) is 46.5. The zero-order valence-corrected chi connectivity index (χ0v) is 38.1. The summed E-state index contributed by atoms with van der Waals surface area (Å²) < 4.78 is 6.22. The Labute approximate surface area is 353 Å². The van der Waals surface area contributed by atoms with E-state index in [0.717, 1.165) is 70.3 Å². The van der Waals surface area contributed by atoms with Crippen LogP contribution in [0, 0.1) is 56.7 Å². The topological polar surface area (TPSA) is 124 Å². The van der Waals surface area contributed by atoms with Crippen LogP contribution < -0.4 is 0 Å². The van der Waals surface area contributed by atoms with Crippen LogP contribution >= 0.6 is 11.6 Å². The molecule has 9 unspecified atom stereocenters. The van der Waals surface area contributed by atoms with Crippen LogP contribution in [0.3, 0.4) is 0 Å². The Morgan fingerprint density at radius 1 is 0.931 bits per heavy atom. The number of fused-ring (bicyclic) bond motifs is 7. The number of rotatable bonds is 12. The molecule has 0 bridgehead atoms. The summed E-state index contributed by atoms with van der Waals surface area (Å²) in [7, 11) is 4.97. The third-order valence-corrected chi connectivity index (χ3v) is 16.3. The van der Waals surface area contributed by atoms with Gasteiger partial charge < -0.3 is 29.5 Å². The Morgan fingerprint density at radius 2 is 1.57 bits per heavy atom. The number of hydrogen-bond acceptors (Lipinski definition) is 8. The summed E-state index contributed by atoms with van der Waals surface area (Å²) >= 11 is 6.17. The molecule has 9 nitrogen and oxygen atoms in total. The smallest absolute Gasteiger partial charge is 0.307 e. The number of aldehydes is 1. The van der Waals surface area contributed by atoms with Gasteiger partial charge in [0.1, 0.15) is 12.4 Å². The predicted octanol–water partition coefficient (Wildman–Crippen LogP) is 8.43. The number of hydrogen-bond donors (Lipinski definition) is 2. The second kappa shape index (κ2) is 17.4. The lowest BCUT2D eigenvalue weighted by Gasteiger charge is -2.69. The minimum absolute atomic E-state index is 0.0561. The fourth-order valence-electron chi connectivity index (χ4n) is 13.3. The molecule has 0 saturated heterocycles. The van der Waals surface area contributed by atoms with Crippen molar-refractivity contribution in [3.63, 3.8) is 0 Å². The Morgan fingerprint density at radius 3 is 2.17 bits per heavy atom. The second-order valence-corrected chi connectivity index (χ2v) is 21.4. The van der Waals surface area contributed by atoms with E-state index in [1.807, 2.05) is 19.0 Å². The van der Waals surface area contributed by atoms with Crippen LogP contribution in [0.1, 0.15) is 130 Å². The molecular formula is C48H73ClN2O7. The number of ether oxygens (including phenoxy) is 1. The number of amides is 1. The zero-order valence-electron chi connectivity index (χ0n) is 37.3. The van der Waals surface area contributed by atoms with E-state index in [-0.39, 0.29) is 64.8 Å². The number of benzene rings is 1. The van der Waals surface area contributed by atoms with Gasteiger partial charge in [-0.1, -0.05) is 72.6 Å². The monoisotopic (exact) mass is 825 g/mol. The molecule has 2 N–H and O–H groups in total. The number of aliphatic hydroxyl groups is 2. The van der Waals surface area contributed by atoms with Crippen molar-refractivity contribution < 1.29 is 34.1 Å². The third kappa shape index (κ3) is 8.37. The van der Waals surface area contributed by atoms with E-state index in [2.05, 4.69) is 41.5 Å². The highest BCUT2D eigenvalue weighted by Crippen LogP contribution is 2.73. The largest absolute Gasteiger partial charge is 0.462 e. The van der Waals surface area contributed by atoms with Crippen molar-refractivity contribution in [3.8, 4) is 0 Å².